The van der Waals surface area contributed by atoms with Crippen molar-refractivity contribution in [2.24, 2.45) is 0 Å². The number of benzene rings is 2. The topological polar surface area (TPSA) is 69.7 Å². The van der Waals surface area contributed by atoms with Crippen LogP contribution in [0.15, 0.2) is 42.5 Å². The second-order valence-corrected chi connectivity index (χ2v) is 9.94. The van der Waals surface area contributed by atoms with Crippen molar-refractivity contribution in [3.63, 3.8) is 0 Å². The van der Waals surface area contributed by atoms with Gasteiger partial charge in [0.15, 0.2) is 0 Å². The van der Waals surface area contributed by atoms with Crippen molar-refractivity contribution in [3.05, 3.63) is 59.2 Å². The van der Waals surface area contributed by atoms with Crippen LogP contribution in [0.1, 0.15) is 36.5 Å². The Hall–Kier alpha value is -2.54. The molecule has 7 heteroatoms. The molecular formula is C23H31N3O3S. The smallest absolute Gasteiger partial charge is 0.243 e. The zero-order chi connectivity index (χ0) is 21.9. The summed E-state index contributed by atoms with van der Waals surface area (Å²) in [5, 5.41) is 2.88. The fourth-order valence-electron chi connectivity index (χ4n) is 3.81. The number of amides is 1. The van der Waals surface area contributed by atoms with Gasteiger partial charge in [0.2, 0.25) is 15.9 Å². The first-order chi connectivity index (χ1) is 14.2. The standard InChI is InChI=1S/C23H31N3O3S/c1-17-7-10-22(15-18(17)2)26(30(4,28)29)19(3)23(27)24-16-20-8-11-21(12-9-20)25-13-5-6-14-25/h7-12,15,19H,5-6,13-14,16H2,1-4H3,(H,24,27). The highest BCUT2D eigenvalue weighted by atomic mass is 32.2. The molecule has 1 heterocycles. The maximum Gasteiger partial charge on any atom is 0.243 e. The second-order valence-electron chi connectivity index (χ2n) is 8.08. The van der Waals surface area contributed by atoms with E-state index in [-0.39, 0.29) is 5.91 Å². The Morgan fingerprint density at radius 3 is 2.27 bits per heavy atom. The molecule has 1 unspecified atom stereocenters. The van der Waals surface area contributed by atoms with E-state index in [1.165, 1.54) is 22.8 Å². The minimum atomic E-state index is -3.62. The zero-order valence-electron chi connectivity index (χ0n) is 18.2. The molecule has 1 saturated heterocycles. The largest absolute Gasteiger partial charge is 0.372 e. The fourth-order valence-corrected chi connectivity index (χ4v) is 4.97. The average Bonchev–Trinajstić information content (AvgIpc) is 3.23. The Kier molecular flexibility index (Phi) is 6.71. The van der Waals surface area contributed by atoms with Gasteiger partial charge >= 0.3 is 0 Å². The van der Waals surface area contributed by atoms with Gasteiger partial charge in [0.25, 0.3) is 0 Å². The number of hydrogen-bond donors (Lipinski definition) is 1. The molecule has 2 aromatic rings. The highest BCUT2D eigenvalue weighted by Crippen LogP contribution is 2.24. The maximum absolute atomic E-state index is 12.8. The van der Waals surface area contributed by atoms with Crippen LogP contribution in [0.4, 0.5) is 11.4 Å². The third kappa shape index (κ3) is 5.14. The number of aryl methyl sites for hydroxylation is 2. The molecule has 0 spiro atoms. The zero-order valence-corrected chi connectivity index (χ0v) is 19.0. The number of rotatable bonds is 7. The maximum atomic E-state index is 12.8. The minimum Gasteiger partial charge on any atom is -0.372 e. The van der Waals surface area contributed by atoms with Crippen LogP contribution in [-0.2, 0) is 21.4 Å². The molecule has 0 bridgehead atoms. The van der Waals surface area contributed by atoms with Crippen molar-refractivity contribution >= 4 is 27.3 Å². The molecule has 3 rings (SSSR count). The lowest BCUT2D eigenvalue weighted by Crippen LogP contribution is -2.47. The van der Waals surface area contributed by atoms with Crippen LogP contribution in [0.3, 0.4) is 0 Å². The molecule has 1 amide bonds. The van der Waals surface area contributed by atoms with Crippen molar-refractivity contribution in [2.75, 3.05) is 28.6 Å². The molecular weight excluding hydrogens is 398 g/mol. The molecule has 1 aliphatic heterocycles. The van der Waals surface area contributed by atoms with Crippen LogP contribution < -0.4 is 14.5 Å². The quantitative estimate of drug-likeness (QED) is 0.733. The first kappa shape index (κ1) is 22.2. The minimum absolute atomic E-state index is 0.331. The molecule has 30 heavy (non-hydrogen) atoms. The Labute approximate surface area is 179 Å². The van der Waals surface area contributed by atoms with Crippen LogP contribution in [0, 0.1) is 13.8 Å². The summed E-state index contributed by atoms with van der Waals surface area (Å²) >= 11 is 0. The predicted molar refractivity (Wildman–Crippen MR) is 122 cm³/mol. The van der Waals surface area contributed by atoms with Crippen molar-refractivity contribution in [3.8, 4) is 0 Å². The molecule has 0 radical (unpaired) electrons. The van der Waals surface area contributed by atoms with Crippen molar-refractivity contribution in [1.82, 2.24) is 5.32 Å². The van der Waals surface area contributed by atoms with Crippen LogP contribution >= 0.6 is 0 Å². The first-order valence-electron chi connectivity index (χ1n) is 10.3. The molecule has 1 atom stereocenters. The molecule has 1 fully saturated rings. The molecule has 2 aromatic carbocycles. The van der Waals surface area contributed by atoms with Crippen LogP contribution in [0.5, 0.6) is 0 Å². The average molecular weight is 430 g/mol. The highest BCUT2D eigenvalue weighted by molar-refractivity contribution is 7.92. The summed E-state index contributed by atoms with van der Waals surface area (Å²) in [6, 6.07) is 12.7. The van der Waals surface area contributed by atoms with Crippen molar-refractivity contribution in [2.45, 2.75) is 46.2 Å². The van der Waals surface area contributed by atoms with E-state index in [2.05, 4.69) is 22.3 Å². The molecule has 1 N–H and O–H groups in total. The van der Waals surface area contributed by atoms with Gasteiger partial charge in [-0.1, -0.05) is 18.2 Å². The van der Waals surface area contributed by atoms with Gasteiger partial charge in [-0.15, -0.1) is 0 Å². The van der Waals surface area contributed by atoms with Gasteiger partial charge in [0.1, 0.15) is 6.04 Å². The number of hydrogen-bond acceptors (Lipinski definition) is 4. The van der Waals surface area contributed by atoms with Gasteiger partial charge < -0.3 is 10.2 Å². The van der Waals surface area contributed by atoms with Gasteiger partial charge in [-0.3, -0.25) is 9.10 Å². The fraction of sp³-hybridized carbons (Fsp3) is 0.435. The summed E-state index contributed by atoms with van der Waals surface area (Å²) in [5.41, 5.74) is 4.73. The van der Waals surface area contributed by atoms with Gasteiger partial charge in [-0.05, 0) is 74.6 Å². The van der Waals surface area contributed by atoms with Crippen molar-refractivity contribution < 1.29 is 13.2 Å². The normalized spacial score (nSPS) is 15.1. The Balaban J connectivity index is 1.68. The summed E-state index contributed by atoms with van der Waals surface area (Å²) in [6.07, 6.45) is 3.59. The lowest BCUT2D eigenvalue weighted by molar-refractivity contribution is -0.122. The van der Waals surface area contributed by atoms with E-state index in [0.717, 1.165) is 36.0 Å². The third-order valence-electron chi connectivity index (χ3n) is 5.71. The molecule has 0 saturated carbocycles. The number of carbonyl (C=O) groups excluding carboxylic acids is 1. The molecule has 6 nitrogen and oxygen atoms in total. The van der Waals surface area contributed by atoms with Crippen LogP contribution in [0.25, 0.3) is 0 Å². The lowest BCUT2D eigenvalue weighted by atomic mass is 10.1. The molecule has 0 aliphatic carbocycles. The van der Waals surface area contributed by atoms with Gasteiger partial charge in [-0.25, -0.2) is 8.42 Å². The third-order valence-corrected chi connectivity index (χ3v) is 6.95. The van der Waals surface area contributed by atoms with Crippen LogP contribution in [0.2, 0.25) is 0 Å². The SMILES string of the molecule is Cc1ccc(N(C(C)C(=O)NCc2ccc(N3CCCC3)cc2)S(C)(=O)=O)cc1C. The number of nitrogens with zero attached hydrogens (tertiary/aromatic N) is 2. The van der Waals surface area contributed by atoms with Gasteiger partial charge in [0.05, 0.1) is 11.9 Å². The Bertz CT molecular complexity index is 997. The highest BCUT2D eigenvalue weighted by Gasteiger charge is 2.29. The van der Waals surface area contributed by atoms with Crippen molar-refractivity contribution in [1.29, 1.82) is 0 Å². The monoisotopic (exact) mass is 429 g/mol. The number of nitrogens with one attached hydrogen (secondary N) is 1. The summed E-state index contributed by atoms with van der Waals surface area (Å²) in [7, 11) is -3.62. The summed E-state index contributed by atoms with van der Waals surface area (Å²) < 4.78 is 26.1. The Morgan fingerprint density at radius 2 is 1.70 bits per heavy atom. The van der Waals surface area contributed by atoms with E-state index in [4.69, 9.17) is 0 Å². The summed E-state index contributed by atoms with van der Waals surface area (Å²) in [5.74, 6) is -0.331. The van der Waals surface area contributed by atoms with Crippen LogP contribution in [-0.4, -0.2) is 39.7 Å². The Morgan fingerprint density at radius 1 is 1.07 bits per heavy atom. The van der Waals surface area contributed by atoms with E-state index in [1.807, 2.05) is 32.0 Å². The summed E-state index contributed by atoms with van der Waals surface area (Å²) in [4.78, 5) is 15.1. The molecule has 1 aliphatic rings. The van der Waals surface area contributed by atoms with E-state index in [1.54, 1.807) is 19.1 Å². The number of carbonyl (C=O) groups is 1. The summed E-state index contributed by atoms with van der Waals surface area (Å²) in [6.45, 7) is 8.04. The molecule has 0 aromatic heterocycles. The van der Waals surface area contributed by atoms with E-state index in [0.29, 0.717) is 12.2 Å². The lowest BCUT2D eigenvalue weighted by Gasteiger charge is -2.28. The number of sulfonamides is 1. The van der Waals surface area contributed by atoms with E-state index >= 15 is 0 Å². The first-order valence-corrected chi connectivity index (χ1v) is 12.2. The van der Waals surface area contributed by atoms with E-state index in [9.17, 15) is 13.2 Å². The predicted octanol–water partition coefficient (Wildman–Crippen LogP) is 3.37. The molecule has 162 valence electrons. The number of anilines is 2. The van der Waals surface area contributed by atoms with Gasteiger partial charge in [-0.2, -0.15) is 0 Å². The van der Waals surface area contributed by atoms with E-state index < -0.39 is 16.1 Å². The van der Waals surface area contributed by atoms with Gasteiger partial charge in [0, 0.05) is 25.3 Å². The second kappa shape index (κ2) is 9.08.